The van der Waals surface area contributed by atoms with Gasteiger partial charge in [0.2, 0.25) is 0 Å². The quantitative estimate of drug-likeness (QED) is 0.912. The summed E-state index contributed by atoms with van der Waals surface area (Å²) in [5.41, 5.74) is 8.53. The van der Waals surface area contributed by atoms with E-state index < -0.39 is 0 Å². The minimum Gasteiger partial charge on any atom is -0.320 e. The van der Waals surface area contributed by atoms with Crippen LogP contribution in [0.3, 0.4) is 0 Å². The summed E-state index contributed by atoms with van der Waals surface area (Å²) in [6.07, 6.45) is 5.71. The Kier molecular flexibility index (Phi) is 4.32. The summed E-state index contributed by atoms with van der Waals surface area (Å²) in [6, 6.07) is 3.91. The van der Waals surface area contributed by atoms with Gasteiger partial charge in [-0.05, 0) is 25.0 Å². The molecule has 0 atom stereocenters. The van der Waals surface area contributed by atoms with Crippen LogP contribution in [-0.4, -0.2) is 20.0 Å². The first-order valence-corrected chi connectivity index (χ1v) is 5.29. The van der Waals surface area contributed by atoms with Gasteiger partial charge in [-0.1, -0.05) is 0 Å². The Bertz CT molecular complexity index is 518. The van der Waals surface area contributed by atoms with Crippen LogP contribution >= 0.6 is 24.8 Å². The van der Waals surface area contributed by atoms with Crippen molar-refractivity contribution >= 4 is 24.8 Å². The predicted octanol–water partition coefficient (Wildman–Crippen LogP) is 1.67. The van der Waals surface area contributed by atoms with Crippen LogP contribution < -0.4 is 5.73 Å². The molecular weight excluding hydrogens is 273 g/mol. The number of nitrogens with zero attached hydrogens (tertiary/aromatic N) is 4. The lowest BCUT2D eigenvalue weighted by Crippen LogP contribution is -2.20. The van der Waals surface area contributed by atoms with Gasteiger partial charge in [-0.2, -0.15) is 15.3 Å². The van der Waals surface area contributed by atoms with Crippen LogP contribution in [0.25, 0.3) is 11.3 Å². The second-order valence-electron chi connectivity index (χ2n) is 4.36. The molecule has 3 rings (SSSR count). The van der Waals surface area contributed by atoms with Gasteiger partial charge in [-0.15, -0.1) is 24.8 Å². The molecule has 1 saturated carbocycles. The maximum atomic E-state index is 6.04. The van der Waals surface area contributed by atoms with Crippen LogP contribution in [0, 0.1) is 0 Å². The van der Waals surface area contributed by atoms with Crippen molar-refractivity contribution in [2.45, 2.75) is 18.4 Å². The average molecular weight is 288 g/mol. The molecule has 5 nitrogen and oxygen atoms in total. The number of rotatable bonds is 2. The van der Waals surface area contributed by atoms with E-state index in [1.165, 1.54) is 0 Å². The monoisotopic (exact) mass is 287 g/mol. The van der Waals surface area contributed by atoms with E-state index in [2.05, 4.69) is 15.3 Å². The lowest BCUT2D eigenvalue weighted by molar-refractivity contribution is 0.688. The maximum Gasteiger partial charge on any atom is 0.0961 e. The van der Waals surface area contributed by atoms with Crippen molar-refractivity contribution in [2.24, 2.45) is 12.8 Å². The van der Waals surface area contributed by atoms with Gasteiger partial charge in [0.05, 0.1) is 23.1 Å². The highest BCUT2D eigenvalue weighted by Crippen LogP contribution is 2.41. The van der Waals surface area contributed by atoms with Gasteiger partial charge in [0.25, 0.3) is 0 Å². The lowest BCUT2D eigenvalue weighted by atomic mass is 10.1. The van der Waals surface area contributed by atoms with E-state index in [0.717, 1.165) is 29.8 Å². The summed E-state index contributed by atoms with van der Waals surface area (Å²) in [7, 11) is 1.88. The summed E-state index contributed by atoms with van der Waals surface area (Å²) in [5.74, 6) is 0. The van der Waals surface area contributed by atoms with Crippen molar-refractivity contribution < 1.29 is 0 Å². The Morgan fingerprint density at radius 3 is 2.39 bits per heavy atom. The average Bonchev–Trinajstić information content (AvgIpc) is 2.89. The molecule has 0 saturated heterocycles. The molecule has 0 aromatic carbocycles. The zero-order valence-electron chi connectivity index (χ0n) is 9.91. The van der Waals surface area contributed by atoms with Gasteiger partial charge >= 0.3 is 0 Å². The van der Waals surface area contributed by atoms with Crippen molar-refractivity contribution in [1.29, 1.82) is 0 Å². The molecule has 2 aromatic heterocycles. The Labute approximate surface area is 118 Å². The minimum absolute atomic E-state index is 0. The number of halogens is 2. The molecule has 0 spiro atoms. The predicted molar refractivity (Wildman–Crippen MR) is 73.8 cm³/mol. The normalized spacial score (nSPS) is 15.4. The first-order valence-electron chi connectivity index (χ1n) is 5.29. The van der Waals surface area contributed by atoms with Crippen molar-refractivity contribution in [2.75, 3.05) is 0 Å². The van der Waals surface area contributed by atoms with Gasteiger partial charge < -0.3 is 5.73 Å². The van der Waals surface area contributed by atoms with Crippen LogP contribution in [0.4, 0.5) is 0 Å². The fraction of sp³-hybridized carbons (Fsp3) is 0.364. The Balaban J connectivity index is 0.000000810. The van der Waals surface area contributed by atoms with Gasteiger partial charge in [-0.3, -0.25) is 4.68 Å². The highest BCUT2D eigenvalue weighted by Gasteiger charge is 2.41. The summed E-state index contributed by atoms with van der Waals surface area (Å²) in [5, 5.41) is 12.5. The molecule has 1 fully saturated rings. The van der Waals surface area contributed by atoms with Crippen molar-refractivity contribution in [3.63, 3.8) is 0 Å². The molecule has 2 heterocycles. The van der Waals surface area contributed by atoms with E-state index in [0.29, 0.717) is 0 Å². The molecular formula is C11H15Cl2N5. The first-order chi connectivity index (χ1) is 7.67. The van der Waals surface area contributed by atoms with Gasteiger partial charge in [-0.25, -0.2) is 0 Å². The molecule has 0 amide bonds. The molecule has 0 unspecified atom stereocenters. The standard InChI is InChI=1S/C11H13N5.2ClH/c1-16-7-8(6-13-16)9-2-3-10(15-14-9)11(12)4-5-11;;/h2-3,6-7H,4-5,12H2,1H3;2*1H. The minimum atomic E-state index is -0.208. The number of aromatic nitrogens is 4. The number of aryl methyl sites for hydroxylation is 1. The molecule has 2 aromatic rings. The van der Waals surface area contributed by atoms with Crippen LogP contribution in [0.1, 0.15) is 18.5 Å². The van der Waals surface area contributed by atoms with E-state index >= 15 is 0 Å². The number of hydrogen-bond acceptors (Lipinski definition) is 4. The largest absolute Gasteiger partial charge is 0.320 e. The molecule has 1 aliphatic rings. The van der Waals surface area contributed by atoms with Crippen LogP contribution in [0.5, 0.6) is 0 Å². The molecule has 0 aliphatic heterocycles. The summed E-state index contributed by atoms with van der Waals surface area (Å²) in [4.78, 5) is 0. The molecule has 18 heavy (non-hydrogen) atoms. The summed E-state index contributed by atoms with van der Waals surface area (Å²) in [6.45, 7) is 0. The molecule has 1 aliphatic carbocycles. The molecule has 0 radical (unpaired) electrons. The number of hydrogen-bond donors (Lipinski definition) is 1. The SMILES string of the molecule is Cl.Cl.Cn1cc(-c2ccc(C3(N)CC3)nn2)cn1. The third-order valence-corrected chi connectivity index (χ3v) is 2.96. The van der Waals surface area contributed by atoms with Gasteiger partial charge in [0.1, 0.15) is 0 Å². The Morgan fingerprint density at radius 1 is 1.22 bits per heavy atom. The molecule has 98 valence electrons. The zero-order chi connectivity index (χ0) is 11.2. The fourth-order valence-corrected chi connectivity index (χ4v) is 1.70. The van der Waals surface area contributed by atoms with E-state index in [9.17, 15) is 0 Å². The van der Waals surface area contributed by atoms with Gasteiger partial charge in [0, 0.05) is 18.8 Å². The van der Waals surface area contributed by atoms with Crippen molar-refractivity contribution in [3.8, 4) is 11.3 Å². The van der Waals surface area contributed by atoms with Crippen LogP contribution in [0.15, 0.2) is 24.5 Å². The van der Waals surface area contributed by atoms with E-state index in [1.54, 1.807) is 10.9 Å². The van der Waals surface area contributed by atoms with Crippen LogP contribution in [-0.2, 0) is 12.6 Å². The van der Waals surface area contributed by atoms with Gasteiger partial charge in [0.15, 0.2) is 0 Å². The molecule has 2 N–H and O–H groups in total. The van der Waals surface area contributed by atoms with E-state index in [1.807, 2.05) is 25.4 Å². The summed E-state index contributed by atoms with van der Waals surface area (Å²) < 4.78 is 1.75. The smallest absolute Gasteiger partial charge is 0.0961 e. The Hall–Kier alpha value is -1.17. The summed E-state index contributed by atoms with van der Waals surface area (Å²) >= 11 is 0. The third-order valence-electron chi connectivity index (χ3n) is 2.96. The molecule has 0 bridgehead atoms. The third kappa shape index (κ3) is 2.63. The second-order valence-corrected chi connectivity index (χ2v) is 4.36. The van der Waals surface area contributed by atoms with E-state index in [4.69, 9.17) is 5.73 Å². The highest BCUT2D eigenvalue weighted by atomic mass is 35.5. The number of nitrogens with two attached hydrogens (primary N) is 1. The molecule has 7 heteroatoms. The Morgan fingerprint density at radius 2 is 1.94 bits per heavy atom. The lowest BCUT2D eigenvalue weighted by Gasteiger charge is -2.06. The fourth-order valence-electron chi connectivity index (χ4n) is 1.70. The first kappa shape index (κ1) is 14.9. The van der Waals surface area contributed by atoms with Crippen molar-refractivity contribution in [1.82, 2.24) is 20.0 Å². The topological polar surface area (TPSA) is 69.6 Å². The highest BCUT2D eigenvalue weighted by molar-refractivity contribution is 5.85. The maximum absolute atomic E-state index is 6.04. The zero-order valence-corrected chi connectivity index (χ0v) is 11.5. The van der Waals surface area contributed by atoms with Crippen LogP contribution in [0.2, 0.25) is 0 Å². The van der Waals surface area contributed by atoms with E-state index in [-0.39, 0.29) is 30.4 Å². The second kappa shape index (κ2) is 5.22. The van der Waals surface area contributed by atoms with Crippen molar-refractivity contribution in [3.05, 3.63) is 30.2 Å².